The van der Waals surface area contributed by atoms with Crippen LogP contribution in [0.2, 0.25) is 0 Å². The van der Waals surface area contributed by atoms with Crippen molar-refractivity contribution in [2.45, 2.75) is 57.7 Å². The average molecular weight is 762 g/mol. The number of imide groups is 2. The van der Waals surface area contributed by atoms with Crippen molar-refractivity contribution in [3.05, 3.63) is 92.9 Å². The van der Waals surface area contributed by atoms with Gasteiger partial charge in [0.15, 0.2) is 0 Å². The number of halogens is 1. The summed E-state index contributed by atoms with van der Waals surface area (Å²) < 4.78 is 15.3. The second-order valence-electron chi connectivity index (χ2n) is 15.6. The number of carbonyl (C=O) groups is 5. The lowest BCUT2D eigenvalue weighted by Crippen LogP contribution is -2.66. The molecule has 5 amide bonds. The molecule has 56 heavy (non-hydrogen) atoms. The zero-order chi connectivity index (χ0) is 38.9. The lowest BCUT2D eigenvalue weighted by molar-refractivity contribution is -0.136. The smallest absolute Gasteiger partial charge is 0.270 e. The molecule has 5 aliphatic rings. The average Bonchev–Trinajstić information content (AvgIpc) is 3.39. The third-order valence-electron chi connectivity index (χ3n) is 11.9. The molecule has 288 valence electrons. The molecule has 0 radical (unpaired) electrons. The summed E-state index contributed by atoms with van der Waals surface area (Å²) in [6, 6.07) is 8.80. The molecule has 1 unspecified atom stereocenters. The number of aromatic amines is 1. The molecule has 0 bridgehead atoms. The van der Waals surface area contributed by atoms with Gasteiger partial charge in [0.1, 0.15) is 17.6 Å². The van der Waals surface area contributed by atoms with E-state index in [4.69, 9.17) is 0 Å². The van der Waals surface area contributed by atoms with Crippen LogP contribution in [0.15, 0.2) is 53.6 Å². The molecule has 3 aromatic heterocycles. The van der Waals surface area contributed by atoms with Crippen molar-refractivity contribution >= 4 is 51.9 Å². The number of pyridine rings is 3. The number of fused-ring (bicyclic) bond motifs is 2. The van der Waals surface area contributed by atoms with E-state index in [0.717, 1.165) is 84.4 Å². The van der Waals surface area contributed by atoms with Gasteiger partial charge in [-0.2, -0.15) is 0 Å². The molecule has 1 atom stereocenters. The van der Waals surface area contributed by atoms with Gasteiger partial charge in [0.25, 0.3) is 23.3 Å². The standard InChI is InChI=1S/C40H40FN9O6/c1-2-23-12-30-31(45-35(23)52)11-22(17-42-30)19-47-7-9-48(10-8-47)25-3-4-29(43-18-25)36(53)44-24-15-40(16-24)20-49(21-40)33-14-27-26(13-28(33)41)38(55)50(39(27)56)32-5-6-34(51)46-37(32)54/h3-4,11-14,17-18,24,32H,2,5-10,15-16,19-21H2,1H3,(H,44,53)(H,45,52)(H,46,51,54). The number of benzene rings is 1. The van der Waals surface area contributed by atoms with Gasteiger partial charge in [-0.3, -0.25) is 48.9 Å². The van der Waals surface area contributed by atoms with E-state index in [9.17, 15) is 28.8 Å². The number of hydrogen-bond acceptors (Lipinski definition) is 11. The summed E-state index contributed by atoms with van der Waals surface area (Å²) in [5, 5.41) is 5.24. The lowest BCUT2D eigenvalue weighted by Gasteiger charge is -2.59. The van der Waals surface area contributed by atoms with Crippen molar-refractivity contribution in [3.63, 3.8) is 0 Å². The van der Waals surface area contributed by atoms with Gasteiger partial charge in [0, 0.05) is 75.5 Å². The summed E-state index contributed by atoms with van der Waals surface area (Å²) >= 11 is 0. The van der Waals surface area contributed by atoms with Gasteiger partial charge < -0.3 is 20.1 Å². The zero-order valence-corrected chi connectivity index (χ0v) is 30.8. The number of aromatic nitrogens is 3. The van der Waals surface area contributed by atoms with Gasteiger partial charge in [-0.25, -0.2) is 9.37 Å². The highest BCUT2D eigenvalue weighted by atomic mass is 19.1. The molecular weight excluding hydrogens is 721 g/mol. The molecular formula is C40H40FN9O6. The summed E-state index contributed by atoms with van der Waals surface area (Å²) in [5.41, 5.74) is 4.58. The first kappa shape index (κ1) is 35.7. The Morgan fingerprint density at radius 2 is 1.68 bits per heavy atom. The summed E-state index contributed by atoms with van der Waals surface area (Å²) in [6.45, 7) is 7.04. The molecule has 1 aromatic carbocycles. The maximum atomic E-state index is 15.3. The van der Waals surface area contributed by atoms with E-state index < -0.39 is 35.5 Å². The van der Waals surface area contributed by atoms with Gasteiger partial charge in [-0.15, -0.1) is 0 Å². The SMILES string of the molecule is CCc1cc2ncc(CN3CCN(c4ccc(C(=O)NC5CC6(C5)CN(c5cc7c(cc5F)C(=O)N(C5CCC(=O)NC5=O)C7=O)C6)nc4)CC3)cc2[nH]c1=O. The molecule has 1 saturated carbocycles. The van der Waals surface area contributed by atoms with Gasteiger partial charge in [-0.05, 0) is 67.6 Å². The van der Waals surface area contributed by atoms with Crippen molar-refractivity contribution < 1.29 is 28.4 Å². The number of nitrogens with one attached hydrogen (secondary N) is 3. The fourth-order valence-corrected chi connectivity index (χ4v) is 8.91. The minimum atomic E-state index is -1.12. The zero-order valence-electron chi connectivity index (χ0n) is 30.8. The molecule has 7 heterocycles. The maximum absolute atomic E-state index is 15.3. The fourth-order valence-electron chi connectivity index (χ4n) is 8.91. The van der Waals surface area contributed by atoms with Crippen LogP contribution in [0.25, 0.3) is 11.0 Å². The normalized spacial score (nSPS) is 21.0. The Morgan fingerprint density at radius 3 is 2.38 bits per heavy atom. The van der Waals surface area contributed by atoms with Crippen molar-refractivity contribution in [3.8, 4) is 0 Å². The number of nitrogens with zero attached hydrogens (tertiary/aromatic N) is 6. The van der Waals surface area contributed by atoms with E-state index in [1.54, 1.807) is 12.3 Å². The molecule has 3 saturated heterocycles. The van der Waals surface area contributed by atoms with Gasteiger partial charge in [0.2, 0.25) is 11.8 Å². The summed E-state index contributed by atoms with van der Waals surface area (Å²) in [5.74, 6) is -3.48. The van der Waals surface area contributed by atoms with Crippen LogP contribution in [0.3, 0.4) is 0 Å². The Morgan fingerprint density at radius 1 is 0.929 bits per heavy atom. The first-order valence-electron chi connectivity index (χ1n) is 19.0. The number of H-pyrrole nitrogens is 1. The van der Waals surface area contributed by atoms with E-state index in [-0.39, 0.29) is 52.6 Å². The largest absolute Gasteiger partial charge is 0.368 e. The highest BCUT2D eigenvalue weighted by Crippen LogP contribution is 2.50. The highest BCUT2D eigenvalue weighted by Gasteiger charge is 2.54. The Labute approximate surface area is 320 Å². The number of piperidine rings is 1. The number of piperazine rings is 1. The second-order valence-corrected chi connectivity index (χ2v) is 15.6. The van der Waals surface area contributed by atoms with E-state index >= 15 is 4.39 Å². The molecule has 3 N–H and O–H groups in total. The van der Waals surface area contributed by atoms with E-state index in [0.29, 0.717) is 25.2 Å². The van der Waals surface area contributed by atoms with E-state index in [1.807, 2.05) is 36.2 Å². The van der Waals surface area contributed by atoms with Crippen LogP contribution >= 0.6 is 0 Å². The monoisotopic (exact) mass is 761 g/mol. The molecule has 1 aliphatic carbocycles. The summed E-state index contributed by atoms with van der Waals surface area (Å²) in [4.78, 5) is 94.9. The Balaban J connectivity index is 0.744. The van der Waals surface area contributed by atoms with Gasteiger partial charge >= 0.3 is 0 Å². The van der Waals surface area contributed by atoms with Crippen molar-refractivity contribution in [1.82, 2.24) is 35.4 Å². The minimum absolute atomic E-state index is 0.00209. The number of amides is 5. The number of anilines is 2. The number of rotatable bonds is 8. The number of carbonyl (C=O) groups excluding carboxylic acids is 5. The molecule has 16 heteroatoms. The van der Waals surface area contributed by atoms with Crippen LogP contribution in [-0.2, 0) is 22.6 Å². The molecule has 15 nitrogen and oxygen atoms in total. The van der Waals surface area contributed by atoms with Crippen LogP contribution in [-0.4, -0.2) is 106 Å². The van der Waals surface area contributed by atoms with Crippen molar-refractivity contribution in [2.24, 2.45) is 5.41 Å². The summed E-state index contributed by atoms with van der Waals surface area (Å²) in [7, 11) is 0. The first-order valence-corrected chi connectivity index (χ1v) is 19.0. The highest BCUT2D eigenvalue weighted by molar-refractivity contribution is 6.23. The van der Waals surface area contributed by atoms with Crippen LogP contribution < -0.4 is 26.0 Å². The Bertz CT molecular complexity index is 2380. The fraction of sp³-hybridized carbons (Fsp3) is 0.400. The molecule has 4 fully saturated rings. The number of aryl methyl sites for hydroxylation is 1. The van der Waals surface area contributed by atoms with Gasteiger partial charge in [-0.1, -0.05) is 6.92 Å². The van der Waals surface area contributed by atoms with E-state index in [1.165, 1.54) is 6.07 Å². The van der Waals surface area contributed by atoms with Crippen LogP contribution in [0.4, 0.5) is 15.8 Å². The van der Waals surface area contributed by atoms with E-state index in [2.05, 4.69) is 35.4 Å². The van der Waals surface area contributed by atoms with Gasteiger partial charge in [0.05, 0.1) is 39.7 Å². The summed E-state index contributed by atoms with van der Waals surface area (Å²) in [6.07, 6.45) is 5.73. The molecule has 4 aromatic rings. The predicted octanol–water partition coefficient (Wildman–Crippen LogP) is 2.14. The molecule has 4 aliphatic heterocycles. The van der Waals surface area contributed by atoms with Crippen LogP contribution in [0, 0.1) is 11.2 Å². The maximum Gasteiger partial charge on any atom is 0.270 e. The molecule has 9 rings (SSSR count). The van der Waals surface area contributed by atoms with Crippen LogP contribution in [0.1, 0.15) is 74.9 Å². The third kappa shape index (κ3) is 6.27. The van der Waals surface area contributed by atoms with Crippen molar-refractivity contribution in [1.29, 1.82) is 0 Å². The predicted molar refractivity (Wildman–Crippen MR) is 202 cm³/mol. The lowest BCUT2D eigenvalue weighted by atomic mass is 9.60. The number of hydrogen-bond donors (Lipinski definition) is 3. The minimum Gasteiger partial charge on any atom is -0.368 e. The first-order chi connectivity index (χ1) is 27.0. The van der Waals surface area contributed by atoms with Crippen molar-refractivity contribution in [2.75, 3.05) is 49.1 Å². The van der Waals surface area contributed by atoms with Crippen LogP contribution in [0.5, 0.6) is 0 Å². The molecule has 1 spiro atoms. The third-order valence-corrected chi connectivity index (χ3v) is 11.9. The Kier molecular flexibility index (Phi) is 8.67. The topological polar surface area (TPSA) is 181 Å². The quantitative estimate of drug-likeness (QED) is 0.224. The second kappa shape index (κ2) is 13.6. The Hall–Kier alpha value is -6.03.